The molecule has 3 N–H and O–H groups in total. The largest absolute Gasteiger partial charge is 0.478 e. The maximum Gasteiger partial charge on any atom is 0.332 e. The van der Waals surface area contributed by atoms with Crippen molar-refractivity contribution < 1.29 is 9.90 Å². The van der Waals surface area contributed by atoms with Gasteiger partial charge in [0.15, 0.2) is 0 Å². The lowest BCUT2D eigenvalue weighted by Crippen LogP contribution is -2.25. The molecule has 56 valence electrons. The molecular formula is C7H11NO2. The molecule has 1 atom stereocenters. The molecule has 0 heterocycles. The number of hydrogen-bond donors (Lipinski definition) is 2. The molecule has 3 nitrogen and oxygen atoms in total. The van der Waals surface area contributed by atoms with E-state index in [9.17, 15) is 4.79 Å². The van der Waals surface area contributed by atoms with Crippen LogP contribution in [0.25, 0.3) is 0 Å². The highest BCUT2D eigenvalue weighted by Gasteiger charge is 2.11. The van der Waals surface area contributed by atoms with Crippen LogP contribution in [-0.4, -0.2) is 17.1 Å². The predicted octanol–water partition coefficient (Wildman–Crippen LogP) is 0.531. The zero-order valence-electron chi connectivity index (χ0n) is 5.71. The fourth-order valence-electron chi connectivity index (χ4n) is 0.480. The fourth-order valence-corrected chi connectivity index (χ4v) is 0.480. The normalized spacial score (nSPS) is 12.1. The van der Waals surface area contributed by atoms with Crippen molar-refractivity contribution in [1.82, 2.24) is 0 Å². The van der Waals surface area contributed by atoms with Crippen LogP contribution in [0.15, 0.2) is 24.8 Å². The second-order valence-corrected chi connectivity index (χ2v) is 1.96. The van der Waals surface area contributed by atoms with Gasteiger partial charge in [0.1, 0.15) is 0 Å². The Labute approximate surface area is 59.8 Å². The van der Waals surface area contributed by atoms with E-state index in [0.717, 1.165) is 0 Å². The molecule has 0 fully saturated rings. The number of carboxylic acid groups (broad SMARTS) is 1. The number of rotatable bonds is 4. The maximum absolute atomic E-state index is 10.2. The van der Waals surface area contributed by atoms with E-state index in [4.69, 9.17) is 10.8 Å². The van der Waals surface area contributed by atoms with E-state index in [0.29, 0.717) is 6.42 Å². The minimum absolute atomic E-state index is 0.0277. The highest BCUT2D eigenvalue weighted by molar-refractivity contribution is 5.87. The molecule has 10 heavy (non-hydrogen) atoms. The Balaban J connectivity index is 3.94. The Morgan fingerprint density at radius 3 is 2.60 bits per heavy atom. The number of carboxylic acids is 1. The first-order valence-electron chi connectivity index (χ1n) is 2.88. The van der Waals surface area contributed by atoms with Crippen molar-refractivity contribution in [3.63, 3.8) is 0 Å². The van der Waals surface area contributed by atoms with Crippen LogP contribution in [-0.2, 0) is 4.79 Å². The second kappa shape index (κ2) is 3.85. The predicted molar refractivity (Wildman–Crippen MR) is 39.6 cm³/mol. The molecule has 0 aliphatic rings. The van der Waals surface area contributed by atoms with Crippen molar-refractivity contribution in [2.75, 3.05) is 0 Å². The molecule has 0 aromatic rings. The van der Waals surface area contributed by atoms with Crippen LogP contribution >= 0.6 is 0 Å². The minimum atomic E-state index is -1.05. The van der Waals surface area contributed by atoms with Gasteiger partial charge in [-0.15, -0.1) is 6.58 Å². The van der Waals surface area contributed by atoms with Gasteiger partial charge >= 0.3 is 5.97 Å². The molecule has 0 aromatic carbocycles. The second-order valence-electron chi connectivity index (χ2n) is 1.96. The number of aliphatic carboxylic acids is 1. The SMILES string of the molecule is C=CC[C@H](N)C(=C)C(=O)O. The summed E-state index contributed by atoms with van der Waals surface area (Å²) >= 11 is 0. The van der Waals surface area contributed by atoms with Crippen molar-refractivity contribution >= 4 is 5.97 Å². The van der Waals surface area contributed by atoms with Crippen molar-refractivity contribution in [3.05, 3.63) is 24.8 Å². The van der Waals surface area contributed by atoms with Crippen LogP contribution in [0.3, 0.4) is 0 Å². The van der Waals surface area contributed by atoms with Gasteiger partial charge in [-0.05, 0) is 6.42 Å². The van der Waals surface area contributed by atoms with Gasteiger partial charge in [0.25, 0.3) is 0 Å². The molecule has 0 bridgehead atoms. The van der Waals surface area contributed by atoms with E-state index in [1.807, 2.05) is 0 Å². The van der Waals surface area contributed by atoms with Gasteiger partial charge in [-0.2, -0.15) is 0 Å². The number of hydrogen-bond acceptors (Lipinski definition) is 2. The summed E-state index contributed by atoms with van der Waals surface area (Å²) in [6.45, 7) is 6.73. The Hall–Kier alpha value is -1.09. The van der Waals surface area contributed by atoms with Gasteiger partial charge in [0.05, 0.1) is 0 Å². The van der Waals surface area contributed by atoms with Crippen molar-refractivity contribution in [2.24, 2.45) is 5.73 Å². The molecule has 0 saturated heterocycles. The van der Waals surface area contributed by atoms with Gasteiger partial charge in [-0.3, -0.25) is 0 Å². The molecule has 3 heteroatoms. The zero-order valence-corrected chi connectivity index (χ0v) is 5.71. The monoisotopic (exact) mass is 141 g/mol. The van der Waals surface area contributed by atoms with Crippen LogP contribution in [0.2, 0.25) is 0 Å². The molecule has 0 aliphatic carbocycles. The van der Waals surface area contributed by atoms with Crippen LogP contribution in [0, 0.1) is 0 Å². The molecule has 0 spiro atoms. The van der Waals surface area contributed by atoms with E-state index in [1.54, 1.807) is 6.08 Å². The summed E-state index contributed by atoms with van der Waals surface area (Å²) in [4.78, 5) is 10.2. The van der Waals surface area contributed by atoms with Crippen molar-refractivity contribution in [1.29, 1.82) is 0 Å². The average molecular weight is 141 g/mol. The van der Waals surface area contributed by atoms with E-state index in [-0.39, 0.29) is 5.57 Å². The molecule has 0 aliphatic heterocycles. The summed E-state index contributed by atoms with van der Waals surface area (Å²) in [5.41, 5.74) is 5.40. The van der Waals surface area contributed by atoms with Gasteiger partial charge in [-0.1, -0.05) is 12.7 Å². The molecule has 0 unspecified atom stereocenters. The Morgan fingerprint density at radius 2 is 2.30 bits per heavy atom. The summed E-state index contributed by atoms with van der Waals surface area (Å²) in [5, 5.41) is 8.37. The number of carbonyl (C=O) groups is 1. The summed E-state index contributed by atoms with van der Waals surface area (Å²) in [7, 11) is 0. The molecule has 0 radical (unpaired) electrons. The van der Waals surface area contributed by atoms with Gasteiger partial charge in [-0.25, -0.2) is 4.79 Å². The molecule has 0 saturated carbocycles. The van der Waals surface area contributed by atoms with Gasteiger partial charge < -0.3 is 10.8 Å². The number of nitrogens with two attached hydrogens (primary N) is 1. The summed E-state index contributed by atoms with van der Waals surface area (Å²) in [6.07, 6.45) is 2.02. The Bertz CT molecular complexity index is 163. The molecule has 0 aromatic heterocycles. The first-order chi connectivity index (χ1) is 4.59. The summed E-state index contributed by atoms with van der Waals surface area (Å²) < 4.78 is 0. The van der Waals surface area contributed by atoms with Crippen molar-refractivity contribution in [2.45, 2.75) is 12.5 Å². The van der Waals surface area contributed by atoms with Gasteiger partial charge in [0.2, 0.25) is 0 Å². The van der Waals surface area contributed by atoms with Crippen LogP contribution < -0.4 is 5.73 Å². The molecule has 0 amide bonds. The summed E-state index contributed by atoms with van der Waals surface area (Å²) in [5.74, 6) is -1.05. The van der Waals surface area contributed by atoms with Crippen LogP contribution in [0.1, 0.15) is 6.42 Å². The standard InChI is InChI=1S/C7H11NO2/c1-3-4-6(8)5(2)7(9)10/h3,6H,1-2,4,8H2,(H,9,10)/t6-/m0/s1. The molecular weight excluding hydrogens is 130 g/mol. The fraction of sp³-hybridized carbons (Fsp3) is 0.286. The maximum atomic E-state index is 10.2. The van der Waals surface area contributed by atoms with E-state index in [2.05, 4.69) is 13.2 Å². The van der Waals surface area contributed by atoms with Crippen LogP contribution in [0.4, 0.5) is 0 Å². The highest BCUT2D eigenvalue weighted by atomic mass is 16.4. The minimum Gasteiger partial charge on any atom is -0.478 e. The summed E-state index contributed by atoms with van der Waals surface area (Å²) in [6, 6.07) is -0.505. The first kappa shape index (κ1) is 8.91. The quantitative estimate of drug-likeness (QED) is 0.443. The molecule has 0 rings (SSSR count). The lowest BCUT2D eigenvalue weighted by molar-refractivity contribution is -0.132. The highest BCUT2D eigenvalue weighted by Crippen LogP contribution is 2.00. The Morgan fingerprint density at radius 1 is 1.80 bits per heavy atom. The third-order valence-electron chi connectivity index (χ3n) is 1.14. The topological polar surface area (TPSA) is 63.3 Å². The van der Waals surface area contributed by atoms with Gasteiger partial charge in [0, 0.05) is 11.6 Å². The van der Waals surface area contributed by atoms with E-state index in [1.165, 1.54) is 0 Å². The van der Waals surface area contributed by atoms with E-state index < -0.39 is 12.0 Å². The Kier molecular flexibility index (Phi) is 3.43. The third-order valence-corrected chi connectivity index (χ3v) is 1.14. The smallest absolute Gasteiger partial charge is 0.332 e. The lowest BCUT2D eigenvalue weighted by atomic mass is 10.1. The van der Waals surface area contributed by atoms with E-state index >= 15 is 0 Å². The van der Waals surface area contributed by atoms with Crippen molar-refractivity contribution in [3.8, 4) is 0 Å². The third kappa shape index (κ3) is 2.46. The average Bonchev–Trinajstić information content (AvgIpc) is 1.87. The first-order valence-corrected chi connectivity index (χ1v) is 2.88. The zero-order chi connectivity index (χ0) is 8.15. The van der Waals surface area contributed by atoms with Crippen LogP contribution in [0.5, 0.6) is 0 Å². The lowest BCUT2D eigenvalue weighted by Gasteiger charge is -2.06.